The van der Waals surface area contributed by atoms with Crippen LogP contribution in [-0.4, -0.2) is 48.1 Å². The molecule has 2 aliphatic heterocycles. The lowest BCUT2D eigenvalue weighted by Gasteiger charge is -2.29. The van der Waals surface area contributed by atoms with Crippen LogP contribution in [0.2, 0.25) is 0 Å². The van der Waals surface area contributed by atoms with E-state index in [1.54, 1.807) is 18.2 Å². The van der Waals surface area contributed by atoms with Gasteiger partial charge in [0.05, 0.1) is 19.7 Å². The van der Waals surface area contributed by atoms with Crippen LogP contribution in [0.3, 0.4) is 0 Å². The van der Waals surface area contributed by atoms with Gasteiger partial charge in [-0.15, -0.1) is 0 Å². The van der Waals surface area contributed by atoms with E-state index < -0.39 is 29.2 Å². The lowest BCUT2D eigenvalue weighted by Crippen LogP contribution is -2.52. The maximum Gasteiger partial charge on any atom is 0.408 e. The van der Waals surface area contributed by atoms with Crippen LogP contribution < -0.4 is 20.7 Å². The maximum absolute atomic E-state index is 13.3. The Kier molecular flexibility index (Phi) is 5.79. The van der Waals surface area contributed by atoms with Crippen LogP contribution in [0.4, 0.5) is 9.59 Å². The number of nitrogens with one attached hydrogen (secondary N) is 3. The van der Waals surface area contributed by atoms with Gasteiger partial charge in [-0.3, -0.25) is 14.9 Å². The summed E-state index contributed by atoms with van der Waals surface area (Å²) in [6.07, 6.45) is 0.973. The number of ether oxygens (including phenoxy) is 2. The van der Waals surface area contributed by atoms with Gasteiger partial charge in [-0.05, 0) is 80.6 Å². The molecule has 5 amide bonds. The number of hydrogen-bond donors (Lipinski definition) is 3. The number of hydrogen-bond acceptors (Lipinski definition) is 7. The van der Waals surface area contributed by atoms with Gasteiger partial charge >= 0.3 is 12.1 Å². The Balaban J connectivity index is 1.32. The number of imide groups is 1. The third-order valence-electron chi connectivity index (χ3n) is 7.53. The van der Waals surface area contributed by atoms with E-state index in [0.29, 0.717) is 16.9 Å². The molecule has 2 atom stereocenters. The zero-order valence-electron chi connectivity index (χ0n) is 22.7. The van der Waals surface area contributed by atoms with Gasteiger partial charge in [-0.1, -0.05) is 6.07 Å². The van der Waals surface area contributed by atoms with E-state index in [4.69, 9.17) is 13.9 Å². The van der Waals surface area contributed by atoms with Crippen molar-refractivity contribution in [2.24, 2.45) is 0 Å². The monoisotopic (exact) mass is 546 g/mol. The molecule has 2 aromatic carbocycles. The molecule has 3 N–H and O–H groups in total. The second-order valence-corrected chi connectivity index (χ2v) is 11.4. The van der Waals surface area contributed by atoms with E-state index in [2.05, 4.69) is 16.0 Å². The summed E-state index contributed by atoms with van der Waals surface area (Å²) >= 11 is 0. The molecule has 6 rings (SSSR count). The molecule has 0 unspecified atom stereocenters. The van der Waals surface area contributed by atoms with Crippen molar-refractivity contribution in [2.45, 2.75) is 57.3 Å². The number of carbonyl (C=O) groups is 4. The van der Waals surface area contributed by atoms with Crippen molar-refractivity contribution in [3.63, 3.8) is 0 Å². The minimum Gasteiger partial charge on any atom is -0.497 e. The summed E-state index contributed by atoms with van der Waals surface area (Å²) in [6, 6.07) is 9.91. The summed E-state index contributed by atoms with van der Waals surface area (Å²) in [6.45, 7) is 5.57. The molecule has 0 bridgehead atoms. The first kappa shape index (κ1) is 25.7. The first-order valence-corrected chi connectivity index (χ1v) is 13.1. The summed E-state index contributed by atoms with van der Waals surface area (Å²) in [5.41, 5.74) is 1.52. The molecule has 3 heterocycles. The summed E-state index contributed by atoms with van der Waals surface area (Å²) < 4.78 is 16.9. The molecular formula is C29H30N4O7. The van der Waals surface area contributed by atoms with Gasteiger partial charge in [0.2, 0.25) is 0 Å². The van der Waals surface area contributed by atoms with E-state index in [-0.39, 0.29) is 30.8 Å². The number of furan rings is 1. The highest BCUT2D eigenvalue weighted by atomic mass is 16.6. The van der Waals surface area contributed by atoms with Crippen molar-refractivity contribution in [3.05, 3.63) is 64.4 Å². The topological polar surface area (TPSA) is 139 Å². The highest BCUT2D eigenvalue weighted by Gasteiger charge is 2.53. The third kappa shape index (κ3) is 4.31. The number of fused-ring (bicyclic) bond motifs is 3. The molecule has 0 saturated carbocycles. The highest BCUT2D eigenvalue weighted by molar-refractivity contribution is 6.08. The van der Waals surface area contributed by atoms with Crippen molar-refractivity contribution >= 4 is 34.9 Å². The van der Waals surface area contributed by atoms with Gasteiger partial charge in [0, 0.05) is 17.5 Å². The van der Waals surface area contributed by atoms with E-state index >= 15 is 0 Å². The molecule has 40 heavy (non-hydrogen) atoms. The zero-order valence-corrected chi connectivity index (χ0v) is 22.7. The van der Waals surface area contributed by atoms with Crippen molar-refractivity contribution in [1.82, 2.24) is 20.9 Å². The van der Waals surface area contributed by atoms with Crippen LogP contribution in [0.25, 0.3) is 11.0 Å². The van der Waals surface area contributed by atoms with Crippen molar-refractivity contribution < 1.29 is 33.1 Å². The third-order valence-corrected chi connectivity index (χ3v) is 7.53. The van der Waals surface area contributed by atoms with Gasteiger partial charge in [0.1, 0.15) is 22.7 Å². The van der Waals surface area contributed by atoms with E-state index in [9.17, 15) is 19.2 Å². The molecule has 208 valence electrons. The first-order chi connectivity index (χ1) is 19.0. The molecule has 0 spiro atoms. The quantitative estimate of drug-likeness (QED) is 0.415. The molecule has 1 aliphatic carbocycles. The Morgan fingerprint density at radius 3 is 2.65 bits per heavy atom. The number of rotatable bonds is 5. The molecule has 11 nitrogen and oxygen atoms in total. The summed E-state index contributed by atoms with van der Waals surface area (Å²) in [7, 11) is 1.53. The standard InChI is InChI=1S/C29H30N4O7/c1-28(2,3)40-27(37)30-21-8-6-15-9-17-10-23(39-22(17)12-19(15)21)29(25(35)31-26(36)32-29)14-33-13-16-5-7-18(38-4)11-20(16)24(33)34/h5,7,9-12,21H,6,8,13-14H2,1-4H3,(H,30,37)(H2,31,32,35,36)/t21-,29-/m0/s1. The summed E-state index contributed by atoms with van der Waals surface area (Å²) in [4.78, 5) is 52.8. The lowest BCUT2D eigenvalue weighted by molar-refractivity contribution is -0.125. The normalized spacial score (nSPS) is 21.8. The smallest absolute Gasteiger partial charge is 0.408 e. The van der Waals surface area contributed by atoms with Crippen LogP contribution in [0.1, 0.15) is 66.0 Å². The zero-order chi connectivity index (χ0) is 28.4. The van der Waals surface area contributed by atoms with Gasteiger partial charge in [0.25, 0.3) is 11.8 Å². The average molecular weight is 547 g/mol. The summed E-state index contributed by atoms with van der Waals surface area (Å²) in [5, 5.41) is 8.70. The Morgan fingerprint density at radius 2 is 1.95 bits per heavy atom. The molecule has 1 aromatic heterocycles. The molecule has 1 saturated heterocycles. The Labute approximate surface area is 230 Å². The number of aryl methyl sites for hydroxylation is 1. The minimum atomic E-state index is -1.61. The lowest BCUT2D eigenvalue weighted by atomic mass is 9.95. The molecule has 3 aliphatic rings. The summed E-state index contributed by atoms with van der Waals surface area (Å²) in [5.74, 6) is -0.101. The van der Waals surface area contributed by atoms with Crippen LogP contribution in [0.15, 0.2) is 40.8 Å². The van der Waals surface area contributed by atoms with Crippen LogP contribution in [0, 0.1) is 0 Å². The fourth-order valence-corrected chi connectivity index (χ4v) is 5.69. The predicted molar refractivity (Wildman–Crippen MR) is 143 cm³/mol. The van der Waals surface area contributed by atoms with Crippen molar-refractivity contribution in [3.8, 4) is 5.75 Å². The Hall–Kier alpha value is -4.54. The number of amides is 5. The fourth-order valence-electron chi connectivity index (χ4n) is 5.69. The molecule has 3 aromatic rings. The average Bonchev–Trinajstić information content (AvgIpc) is 3.62. The second kappa shape index (κ2) is 9.00. The van der Waals surface area contributed by atoms with E-state index in [1.807, 2.05) is 39.0 Å². The van der Waals surface area contributed by atoms with Gasteiger partial charge in [-0.2, -0.15) is 0 Å². The molecule has 11 heteroatoms. The first-order valence-electron chi connectivity index (χ1n) is 13.1. The van der Waals surface area contributed by atoms with Crippen LogP contribution in [0.5, 0.6) is 5.75 Å². The van der Waals surface area contributed by atoms with Gasteiger partial charge in [0.15, 0.2) is 5.54 Å². The van der Waals surface area contributed by atoms with Crippen LogP contribution >= 0.6 is 0 Å². The Bertz CT molecular complexity index is 1590. The van der Waals surface area contributed by atoms with Gasteiger partial charge < -0.3 is 29.4 Å². The SMILES string of the molecule is COc1ccc2c(c1)C(=O)N(C[C@@]1(c3cc4cc5c(cc4o3)[C@@H](NC(=O)OC(C)(C)C)CC5)NC(=O)NC1=O)C2. The Morgan fingerprint density at radius 1 is 1.15 bits per heavy atom. The number of urea groups is 1. The van der Waals surface area contributed by atoms with E-state index in [1.165, 1.54) is 12.0 Å². The molecule has 0 radical (unpaired) electrons. The minimum absolute atomic E-state index is 0.122. The number of benzene rings is 2. The maximum atomic E-state index is 13.3. The largest absolute Gasteiger partial charge is 0.497 e. The number of alkyl carbamates (subject to hydrolysis) is 1. The second-order valence-electron chi connectivity index (χ2n) is 11.4. The fraction of sp³-hybridized carbons (Fsp3) is 0.379. The number of methoxy groups -OCH3 is 1. The number of nitrogens with zero attached hydrogens (tertiary/aromatic N) is 1. The number of carbonyl (C=O) groups excluding carboxylic acids is 4. The van der Waals surface area contributed by atoms with E-state index in [0.717, 1.165) is 34.9 Å². The molecule has 1 fully saturated rings. The van der Waals surface area contributed by atoms with Crippen molar-refractivity contribution in [1.29, 1.82) is 0 Å². The van der Waals surface area contributed by atoms with Crippen molar-refractivity contribution in [2.75, 3.05) is 13.7 Å². The van der Waals surface area contributed by atoms with Crippen LogP contribution in [-0.2, 0) is 28.0 Å². The van der Waals surface area contributed by atoms with Gasteiger partial charge in [-0.25, -0.2) is 9.59 Å². The predicted octanol–water partition coefficient (Wildman–Crippen LogP) is 3.64. The molecular weight excluding hydrogens is 516 g/mol. The highest BCUT2D eigenvalue weighted by Crippen LogP contribution is 2.39.